The molecule has 1 aliphatic rings. The first-order chi connectivity index (χ1) is 11.6. The molecule has 1 fully saturated rings. The molecular formula is C19H20N2O2S. The Labute approximate surface area is 146 Å². The van der Waals surface area contributed by atoms with Crippen LogP contribution >= 0.6 is 11.3 Å². The van der Waals surface area contributed by atoms with Crippen molar-refractivity contribution < 1.29 is 9.59 Å². The van der Waals surface area contributed by atoms with Crippen LogP contribution in [0.4, 0.5) is 0 Å². The Morgan fingerprint density at radius 2 is 1.79 bits per heavy atom. The number of aryl methyl sites for hydroxylation is 1. The highest BCUT2D eigenvalue weighted by molar-refractivity contribution is 7.12. The Morgan fingerprint density at radius 1 is 1.04 bits per heavy atom. The molecule has 1 aliphatic heterocycles. The lowest BCUT2D eigenvalue weighted by Crippen LogP contribution is -2.50. The van der Waals surface area contributed by atoms with Crippen molar-refractivity contribution in [3.63, 3.8) is 0 Å². The Kier molecular flexibility index (Phi) is 5.11. The van der Waals surface area contributed by atoms with Crippen LogP contribution in [0, 0.1) is 6.92 Å². The van der Waals surface area contributed by atoms with Gasteiger partial charge in [-0.15, -0.1) is 11.3 Å². The van der Waals surface area contributed by atoms with E-state index in [1.165, 1.54) is 16.9 Å². The standard InChI is InChI=1S/C19H20N2O2S/c1-15-4-2-5-16(14-15)7-8-18(22)20-9-11-21(12-10-20)19(23)17-6-3-13-24-17/h2-8,13-14H,9-12H2,1H3/b8-7+. The highest BCUT2D eigenvalue weighted by Crippen LogP contribution is 2.14. The summed E-state index contributed by atoms with van der Waals surface area (Å²) in [6, 6.07) is 11.8. The predicted molar refractivity (Wildman–Crippen MR) is 97.0 cm³/mol. The number of carbonyl (C=O) groups is 2. The molecule has 2 amide bonds. The molecule has 1 saturated heterocycles. The lowest BCUT2D eigenvalue weighted by molar-refractivity contribution is -0.127. The molecule has 0 atom stereocenters. The molecule has 0 spiro atoms. The number of rotatable bonds is 3. The number of amides is 2. The van der Waals surface area contributed by atoms with E-state index in [0.717, 1.165) is 10.4 Å². The van der Waals surface area contributed by atoms with Crippen LogP contribution < -0.4 is 0 Å². The van der Waals surface area contributed by atoms with Crippen molar-refractivity contribution >= 4 is 29.2 Å². The van der Waals surface area contributed by atoms with Gasteiger partial charge in [0, 0.05) is 32.3 Å². The van der Waals surface area contributed by atoms with Gasteiger partial charge in [-0.05, 0) is 30.0 Å². The molecule has 124 valence electrons. The van der Waals surface area contributed by atoms with E-state index in [9.17, 15) is 9.59 Å². The van der Waals surface area contributed by atoms with E-state index in [1.807, 2.05) is 59.7 Å². The average Bonchev–Trinajstić information content (AvgIpc) is 3.14. The van der Waals surface area contributed by atoms with Gasteiger partial charge in [-0.3, -0.25) is 9.59 Å². The first-order valence-electron chi connectivity index (χ1n) is 8.00. The van der Waals surface area contributed by atoms with Crippen molar-refractivity contribution in [1.29, 1.82) is 0 Å². The maximum absolute atomic E-state index is 12.3. The third-order valence-electron chi connectivity index (χ3n) is 4.07. The van der Waals surface area contributed by atoms with E-state index >= 15 is 0 Å². The molecule has 2 heterocycles. The maximum atomic E-state index is 12.3. The van der Waals surface area contributed by atoms with Gasteiger partial charge in [-0.2, -0.15) is 0 Å². The number of nitrogens with zero attached hydrogens (tertiary/aromatic N) is 2. The van der Waals surface area contributed by atoms with Gasteiger partial charge in [0.25, 0.3) is 5.91 Å². The minimum absolute atomic E-state index is 0.000251. The van der Waals surface area contributed by atoms with Crippen LogP contribution in [0.15, 0.2) is 47.9 Å². The molecular weight excluding hydrogens is 320 g/mol. The van der Waals surface area contributed by atoms with Crippen LogP contribution in [0.3, 0.4) is 0 Å². The van der Waals surface area contributed by atoms with Crippen LogP contribution in [0.5, 0.6) is 0 Å². The summed E-state index contributed by atoms with van der Waals surface area (Å²) in [6.45, 7) is 4.35. The van der Waals surface area contributed by atoms with Crippen LogP contribution in [-0.4, -0.2) is 47.8 Å². The first kappa shape index (κ1) is 16.5. The molecule has 24 heavy (non-hydrogen) atoms. The van der Waals surface area contributed by atoms with E-state index in [4.69, 9.17) is 0 Å². The maximum Gasteiger partial charge on any atom is 0.264 e. The number of carbonyl (C=O) groups excluding carboxylic acids is 2. The molecule has 0 unspecified atom stereocenters. The SMILES string of the molecule is Cc1cccc(/C=C/C(=O)N2CCN(C(=O)c3cccs3)CC2)c1. The summed E-state index contributed by atoms with van der Waals surface area (Å²) >= 11 is 1.46. The normalized spacial score (nSPS) is 15.0. The van der Waals surface area contributed by atoms with Gasteiger partial charge in [0.1, 0.15) is 0 Å². The second-order valence-electron chi connectivity index (χ2n) is 5.84. The number of thiophene rings is 1. The van der Waals surface area contributed by atoms with E-state index in [0.29, 0.717) is 26.2 Å². The van der Waals surface area contributed by atoms with Crippen molar-refractivity contribution in [3.8, 4) is 0 Å². The molecule has 0 saturated carbocycles. The first-order valence-corrected chi connectivity index (χ1v) is 8.88. The summed E-state index contributed by atoms with van der Waals surface area (Å²) in [5.74, 6) is 0.0622. The highest BCUT2D eigenvalue weighted by atomic mass is 32.1. The fraction of sp³-hybridized carbons (Fsp3) is 0.263. The summed E-state index contributed by atoms with van der Waals surface area (Å²) in [7, 11) is 0. The van der Waals surface area contributed by atoms with Gasteiger partial charge < -0.3 is 9.80 Å². The monoisotopic (exact) mass is 340 g/mol. The molecule has 0 bridgehead atoms. The van der Waals surface area contributed by atoms with Crippen LogP contribution in [0.25, 0.3) is 6.08 Å². The molecule has 0 aliphatic carbocycles. The minimum atomic E-state index is -0.000251. The average molecular weight is 340 g/mol. The molecule has 0 radical (unpaired) electrons. The van der Waals surface area contributed by atoms with Crippen molar-refractivity contribution in [2.75, 3.05) is 26.2 Å². The predicted octanol–water partition coefficient (Wildman–Crippen LogP) is 3.05. The largest absolute Gasteiger partial charge is 0.336 e. The zero-order valence-corrected chi connectivity index (χ0v) is 14.5. The Hall–Kier alpha value is -2.40. The summed E-state index contributed by atoms with van der Waals surface area (Å²) in [6.07, 6.45) is 3.46. The Bertz CT molecular complexity index is 744. The summed E-state index contributed by atoms with van der Waals surface area (Å²) in [5.41, 5.74) is 2.19. The second kappa shape index (κ2) is 7.45. The van der Waals surface area contributed by atoms with Gasteiger partial charge >= 0.3 is 0 Å². The quantitative estimate of drug-likeness (QED) is 0.806. The lowest BCUT2D eigenvalue weighted by atomic mass is 10.1. The van der Waals surface area contributed by atoms with Crippen molar-refractivity contribution in [2.45, 2.75) is 6.92 Å². The molecule has 1 aromatic carbocycles. The Morgan fingerprint density at radius 3 is 2.46 bits per heavy atom. The smallest absolute Gasteiger partial charge is 0.264 e. The topological polar surface area (TPSA) is 40.6 Å². The second-order valence-corrected chi connectivity index (χ2v) is 6.79. The van der Waals surface area contributed by atoms with E-state index in [2.05, 4.69) is 0 Å². The third kappa shape index (κ3) is 3.92. The molecule has 4 nitrogen and oxygen atoms in total. The molecule has 5 heteroatoms. The zero-order valence-electron chi connectivity index (χ0n) is 13.6. The zero-order chi connectivity index (χ0) is 16.9. The molecule has 2 aromatic rings. The van der Waals surface area contributed by atoms with Crippen LogP contribution in [0.2, 0.25) is 0 Å². The van der Waals surface area contributed by atoms with E-state index in [-0.39, 0.29) is 11.8 Å². The van der Waals surface area contributed by atoms with Crippen molar-refractivity contribution in [3.05, 3.63) is 63.9 Å². The van der Waals surface area contributed by atoms with Crippen molar-refractivity contribution in [1.82, 2.24) is 9.80 Å². The van der Waals surface area contributed by atoms with Gasteiger partial charge in [0.15, 0.2) is 0 Å². The molecule has 1 aromatic heterocycles. The van der Waals surface area contributed by atoms with Crippen LogP contribution in [0.1, 0.15) is 20.8 Å². The number of hydrogen-bond acceptors (Lipinski definition) is 3. The highest BCUT2D eigenvalue weighted by Gasteiger charge is 2.24. The van der Waals surface area contributed by atoms with Crippen molar-refractivity contribution in [2.24, 2.45) is 0 Å². The van der Waals surface area contributed by atoms with E-state index in [1.54, 1.807) is 11.0 Å². The summed E-state index contributed by atoms with van der Waals surface area (Å²) < 4.78 is 0. The van der Waals surface area contributed by atoms with Gasteiger partial charge in [-0.25, -0.2) is 0 Å². The molecule has 0 N–H and O–H groups in total. The van der Waals surface area contributed by atoms with Gasteiger partial charge in [-0.1, -0.05) is 35.9 Å². The molecule has 3 rings (SSSR count). The van der Waals surface area contributed by atoms with Crippen LogP contribution in [-0.2, 0) is 4.79 Å². The van der Waals surface area contributed by atoms with Gasteiger partial charge in [0.2, 0.25) is 5.91 Å². The number of piperazine rings is 1. The summed E-state index contributed by atoms with van der Waals surface area (Å²) in [4.78, 5) is 29.0. The van der Waals surface area contributed by atoms with E-state index < -0.39 is 0 Å². The summed E-state index contributed by atoms with van der Waals surface area (Å²) in [5, 5.41) is 1.91. The van der Waals surface area contributed by atoms with Gasteiger partial charge in [0.05, 0.1) is 4.88 Å². The number of hydrogen-bond donors (Lipinski definition) is 0. The fourth-order valence-corrected chi connectivity index (χ4v) is 3.42. The Balaban J connectivity index is 1.54. The fourth-order valence-electron chi connectivity index (χ4n) is 2.73. The lowest BCUT2D eigenvalue weighted by Gasteiger charge is -2.34. The number of benzene rings is 1. The third-order valence-corrected chi connectivity index (χ3v) is 4.93. The minimum Gasteiger partial charge on any atom is -0.336 e.